The first-order valence-electron chi connectivity index (χ1n) is 9.33. The van der Waals surface area contributed by atoms with Crippen molar-refractivity contribution in [2.75, 3.05) is 14.1 Å². The van der Waals surface area contributed by atoms with Crippen LogP contribution in [0.1, 0.15) is 73.5 Å². The third-order valence-electron chi connectivity index (χ3n) is 5.83. The summed E-state index contributed by atoms with van der Waals surface area (Å²) in [6, 6.07) is 2.14. The van der Waals surface area contributed by atoms with Crippen LogP contribution in [-0.2, 0) is 6.54 Å². The molecule has 0 bridgehead atoms. The Morgan fingerprint density at radius 3 is 2.46 bits per heavy atom. The number of pyridine rings is 1. The smallest absolute Gasteiger partial charge is 0.261 e. The Bertz CT molecular complexity index is 798. The highest BCUT2D eigenvalue weighted by atomic mass is 16.1. The Morgan fingerprint density at radius 2 is 1.83 bits per heavy atom. The molecule has 0 unspecified atom stereocenters. The molecule has 4 heteroatoms. The molecule has 24 heavy (non-hydrogen) atoms. The molecule has 4 rings (SSSR count). The predicted octanol–water partition coefficient (Wildman–Crippen LogP) is 3.68. The van der Waals surface area contributed by atoms with Gasteiger partial charge in [-0.3, -0.25) is 9.20 Å². The fourth-order valence-corrected chi connectivity index (χ4v) is 4.36. The molecular formula is C20H27N3O. The quantitative estimate of drug-likeness (QED) is 0.860. The van der Waals surface area contributed by atoms with Crippen LogP contribution in [0.15, 0.2) is 23.3 Å². The molecule has 128 valence electrons. The Balaban J connectivity index is 1.86. The average molecular weight is 325 g/mol. The third-order valence-corrected chi connectivity index (χ3v) is 5.83. The molecule has 4 nitrogen and oxygen atoms in total. The molecule has 2 aliphatic carbocycles. The summed E-state index contributed by atoms with van der Waals surface area (Å²) in [7, 11) is 4.19. The molecule has 2 heterocycles. The highest BCUT2D eigenvalue weighted by molar-refractivity contribution is 5.54. The van der Waals surface area contributed by atoms with Gasteiger partial charge in [0.2, 0.25) is 0 Å². The second-order valence-corrected chi connectivity index (χ2v) is 7.81. The van der Waals surface area contributed by atoms with Gasteiger partial charge in [0, 0.05) is 30.1 Å². The van der Waals surface area contributed by atoms with Gasteiger partial charge in [-0.1, -0.05) is 19.3 Å². The fourth-order valence-electron chi connectivity index (χ4n) is 4.36. The highest BCUT2D eigenvalue weighted by Gasteiger charge is 2.27. The third kappa shape index (κ3) is 2.67. The largest absolute Gasteiger partial charge is 0.305 e. The Hall–Kier alpha value is -1.68. The van der Waals surface area contributed by atoms with E-state index in [2.05, 4.69) is 25.1 Å². The minimum atomic E-state index is 0.156. The van der Waals surface area contributed by atoms with E-state index in [0.29, 0.717) is 11.8 Å². The second kappa shape index (κ2) is 6.32. The molecule has 2 fully saturated rings. The molecule has 0 aromatic carbocycles. The topological polar surface area (TPSA) is 37.6 Å². The van der Waals surface area contributed by atoms with Crippen LogP contribution in [0, 0.1) is 0 Å². The zero-order valence-electron chi connectivity index (χ0n) is 14.8. The molecule has 0 aliphatic heterocycles. The molecular weight excluding hydrogens is 298 g/mol. The van der Waals surface area contributed by atoms with Gasteiger partial charge in [-0.2, -0.15) is 0 Å². The van der Waals surface area contributed by atoms with Gasteiger partial charge >= 0.3 is 0 Å². The summed E-state index contributed by atoms with van der Waals surface area (Å²) in [6.07, 6.45) is 12.3. The lowest BCUT2D eigenvalue weighted by atomic mass is 9.78. The average Bonchev–Trinajstić information content (AvgIpc) is 3.01. The maximum Gasteiger partial charge on any atom is 0.261 e. The van der Waals surface area contributed by atoms with Gasteiger partial charge in [0.25, 0.3) is 5.56 Å². The molecule has 0 radical (unpaired) electrons. The van der Waals surface area contributed by atoms with Crippen molar-refractivity contribution in [3.05, 3.63) is 45.5 Å². The van der Waals surface area contributed by atoms with Crippen molar-refractivity contribution in [1.82, 2.24) is 14.3 Å². The van der Waals surface area contributed by atoms with Crippen molar-refractivity contribution < 1.29 is 0 Å². The van der Waals surface area contributed by atoms with Crippen LogP contribution in [0.3, 0.4) is 0 Å². The molecule has 0 N–H and O–H groups in total. The zero-order chi connectivity index (χ0) is 16.7. The molecule has 0 spiro atoms. The lowest BCUT2D eigenvalue weighted by Gasteiger charge is -2.29. The number of hydrogen-bond acceptors (Lipinski definition) is 3. The van der Waals surface area contributed by atoms with Crippen LogP contribution in [0.25, 0.3) is 5.65 Å². The van der Waals surface area contributed by atoms with Gasteiger partial charge in [-0.05, 0) is 63.2 Å². The zero-order valence-corrected chi connectivity index (χ0v) is 14.8. The van der Waals surface area contributed by atoms with Crippen LogP contribution >= 0.6 is 0 Å². The lowest BCUT2D eigenvalue weighted by molar-refractivity contribution is 0.384. The van der Waals surface area contributed by atoms with E-state index in [9.17, 15) is 4.79 Å². The van der Waals surface area contributed by atoms with Crippen molar-refractivity contribution in [3.8, 4) is 0 Å². The molecule has 2 aliphatic rings. The van der Waals surface area contributed by atoms with Crippen LogP contribution in [0.5, 0.6) is 0 Å². The first kappa shape index (κ1) is 15.8. The van der Waals surface area contributed by atoms with Gasteiger partial charge in [0.1, 0.15) is 5.65 Å². The molecule has 2 aromatic rings. The Morgan fingerprint density at radius 1 is 1.12 bits per heavy atom. The molecule has 0 saturated heterocycles. The van der Waals surface area contributed by atoms with E-state index in [1.807, 2.05) is 16.8 Å². The van der Waals surface area contributed by atoms with Gasteiger partial charge in [0.05, 0.1) is 0 Å². The number of rotatable bonds is 4. The lowest BCUT2D eigenvalue weighted by Crippen LogP contribution is -2.25. The van der Waals surface area contributed by atoms with E-state index in [1.165, 1.54) is 43.2 Å². The first-order valence-corrected chi connectivity index (χ1v) is 9.33. The number of aromatic nitrogens is 2. The monoisotopic (exact) mass is 325 g/mol. The van der Waals surface area contributed by atoms with E-state index < -0.39 is 0 Å². The standard InChI is InChI=1S/C20H27N3O/c1-22(2)13-16-10-11-23-19(18(16)15-8-5-9-15)21-12-17(20(23)24)14-6-3-4-7-14/h10-12,14-15H,3-9,13H2,1-2H3. The minimum Gasteiger partial charge on any atom is -0.305 e. The summed E-state index contributed by atoms with van der Waals surface area (Å²) in [5.74, 6) is 0.982. The van der Waals surface area contributed by atoms with Gasteiger partial charge in [0.15, 0.2) is 0 Å². The van der Waals surface area contributed by atoms with Crippen LogP contribution < -0.4 is 5.56 Å². The van der Waals surface area contributed by atoms with Crippen molar-refractivity contribution in [2.24, 2.45) is 0 Å². The predicted molar refractivity (Wildman–Crippen MR) is 96.7 cm³/mol. The van der Waals surface area contributed by atoms with Gasteiger partial charge in [-0.15, -0.1) is 0 Å². The number of nitrogens with zero attached hydrogens (tertiary/aromatic N) is 3. The fraction of sp³-hybridized carbons (Fsp3) is 0.600. The Kier molecular flexibility index (Phi) is 4.17. The normalized spacial score (nSPS) is 19.3. The number of hydrogen-bond donors (Lipinski definition) is 0. The van der Waals surface area contributed by atoms with E-state index in [4.69, 9.17) is 4.98 Å². The van der Waals surface area contributed by atoms with E-state index in [-0.39, 0.29) is 5.56 Å². The minimum absolute atomic E-state index is 0.156. The van der Waals surface area contributed by atoms with Crippen molar-refractivity contribution in [3.63, 3.8) is 0 Å². The van der Waals surface area contributed by atoms with E-state index in [0.717, 1.165) is 30.6 Å². The van der Waals surface area contributed by atoms with E-state index >= 15 is 0 Å². The summed E-state index contributed by atoms with van der Waals surface area (Å²) in [4.78, 5) is 20.0. The van der Waals surface area contributed by atoms with E-state index in [1.54, 1.807) is 0 Å². The molecule has 0 amide bonds. The van der Waals surface area contributed by atoms with Crippen LogP contribution in [0.4, 0.5) is 0 Å². The summed E-state index contributed by atoms with van der Waals surface area (Å²) in [5, 5.41) is 0. The molecule has 0 atom stereocenters. The first-order chi connectivity index (χ1) is 11.6. The molecule has 2 saturated carbocycles. The maximum atomic E-state index is 13.0. The van der Waals surface area contributed by atoms with Crippen molar-refractivity contribution in [1.29, 1.82) is 0 Å². The SMILES string of the molecule is CN(C)Cc1ccn2c(=O)c(C3CCCC3)cnc2c1C1CCC1. The maximum absolute atomic E-state index is 13.0. The van der Waals surface area contributed by atoms with Gasteiger partial charge in [-0.25, -0.2) is 4.98 Å². The summed E-state index contributed by atoms with van der Waals surface area (Å²) >= 11 is 0. The van der Waals surface area contributed by atoms with Crippen molar-refractivity contribution in [2.45, 2.75) is 63.3 Å². The summed E-state index contributed by atoms with van der Waals surface area (Å²) in [5.41, 5.74) is 4.61. The second-order valence-electron chi connectivity index (χ2n) is 7.81. The number of fused-ring (bicyclic) bond motifs is 1. The van der Waals surface area contributed by atoms with Gasteiger partial charge < -0.3 is 4.90 Å². The van der Waals surface area contributed by atoms with Crippen LogP contribution in [-0.4, -0.2) is 28.4 Å². The highest BCUT2D eigenvalue weighted by Crippen LogP contribution is 2.40. The molecule has 2 aromatic heterocycles. The summed E-state index contributed by atoms with van der Waals surface area (Å²) < 4.78 is 1.82. The Labute approximate surface area is 143 Å². The van der Waals surface area contributed by atoms with Crippen molar-refractivity contribution >= 4 is 5.65 Å². The van der Waals surface area contributed by atoms with Crippen LogP contribution in [0.2, 0.25) is 0 Å². The summed E-state index contributed by atoms with van der Waals surface area (Å²) in [6.45, 7) is 0.905.